The zero-order valence-corrected chi connectivity index (χ0v) is 24.2. The van der Waals surface area contributed by atoms with Gasteiger partial charge in [-0.1, -0.05) is 42.5 Å². The number of carbonyl (C=O) groups is 1. The van der Waals surface area contributed by atoms with Gasteiger partial charge in [0.2, 0.25) is 6.29 Å². The third kappa shape index (κ3) is 5.42. The Morgan fingerprint density at radius 2 is 1.98 bits per heavy atom. The number of H-pyrrole nitrogens is 1. The number of rotatable bonds is 11. The van der Waals surface area contributed by atoms with Gasteiger partial charge in [-0.3, -0.25) is 4.79 Å². The van der Waals surface area contributed by atoms with Gasteiger partial charge in [0, 0.05) is 48.7 Å². The summed E-state index contributed by atoms with van der Waals surface area (Å²) in [6.07, 6.45) is 6.24. The van der Waals surface area contributed by atoms with Crippen molar-refractivity contribution in [1.82, 2.24) is 10.3 Å². The van der Waals surface area contributed by atoms with E-state index < -0.39 is 6.29 Å². The number of amides is 1. The second-order valence-corrected chi connectivity index (χ2v) is 11.0. The van der Waals surface area contributed by atoms with Crippen LogP contribution in [0.1, 0.15) is 47.9 Å². The first-order valence-electron chi connectivity index (χ1n) is 14.8. The van der Waals surface area contributed by atoms with E-state index in [1.54, 1.807) is 7.11 Å². The fraction of sp³-hybridized carbons (Fsp3) is 0.343. The number of aromatic nitrogens is 1. The predicted octanol–water partition coefficient (Wildman–Crippen LogP) is 5.86. The molecule has 42 heavy (non-hydrogen) atoms. The quantitative estimate of drug-likeness (QED) is 0.186. The van der Waals surface area contributed by atoms with Crippen LogP contribution in [0.4, 0.5) is 0 Å². The molecular formula is C35H38N2O5. The first kappa shape index (κ1) is 28.1. The van der Waals surface area contributed by atoms with Crippen LogP contribution in [0.2, 0.25) is 0 Å². The second-order valence-electron chi connectivity index (χ2n) is 11.0. The van der Waals surface area contributed by atoms with Crippen molar-refractivity contribution in [2.45, 2.75) is 44.8 Å². The maximum absolute atomic E-state index is 13.5. The highest BCUT2D eigenvalue weighted by molar-refractivity contribution is 5.92. The number of carbonyl (C=O) groups excluding carboxylic acids is 1. The molecule has 7 nitrogen and oxygen atoms in total. The van der Waals surface area contributed by atoms with Gasteiger partial charge >= 0.3 is 0 Å². The minimum atomic E-state index is -0.585. The van der Waals surface area contributed by atoms with Crippen molar-refractivity contribution in [3.05, 3.63) is 101 Å². The summed E-state index contributed by atoms with van der Waals surface area (Å²) in [7, 11) is 1.66. The van der Waals surface area contributed by atoms with Crippen LogP contribution in [0.15, 0.2) is 78.7 Å². The minimum absolute atomic E-state index is 0.0370. The third-order valence-electron chi connectivity index (χ3n) is 8.54. The Bertz CT molecular complexity index is 1610. The van der Waals surface area contributed by atoms with Crippen LogP contribution in [-0.4, -0.2) is 49.2 Å². The number of aliphatic hydroxyl groups excluding tert-OH is 1. The van der Waals surface area contributed by atoms with E-state index in [1.807, 2.05) is 37.4 Å². The van der Waals surface area contributed by atoms with Crippen LogP contribution >= 0.6 is 0 Å². The van der Waals surface area contributed by atoms with E-state index in [4.69, 9.17) is 14.2 Å². The Labute approximate surface area is 246 Å². The van der Waals surface area contributed by atoms with Gasteiger partial charge in [0.05, 0.1) is 7.11 Å². The summed E-state index contributed by atoms with van der Waals surface area (Å²) >= 11 is 0. The second kappa shape index (κ2) is 12.4. The summed E-state index contributed by atoms with van der Waals surface area (Å²) < 4.78 is 17.7. The number of benzene rings is 3. The Morgan fingerprint density at radius 3 is 2.81 bits per heavy atom. The van der Waals surface area contributed by atoms with Crippen LogP contribution in [0, 0.1) is 5.92 Å². The van der Waals surface area contributed by atoms with Gasteiger partial charge in [0.25, 0.3) is 5.91 Å². The van der Waals surface area contributed by atoms with E-state index in [2.05, 4.69) is 52.8 Å². The smallest absolute Gasteiger partial charge is 0.286 e. The molecule has 0 fully saturated rings. The maximum Gasteiger partial charge on any atom is 0.286 e. The molecule has 0 saturated heterocycles. The summed E-state index contributed by atoms with van der Waals surface area (Å²) in [5.41, 5.74) is 8.46. The van der Waals surface area contributed by atoms with Crippen molar-refractivity contribution in [2.75, 3.05) is 26.9 Å². The molecule has 0 spiro atoms. The molecule has 1 aliphatic heterocycles. The van der Waals surface area contributed by atoms with E-state index in [9.17, 15) is 9.90 Å². The first-order chi connectivity index (χ1) is 20.6. The number of aliphatic hydroxyl groups is 1. The molecule has 4 aromatic rings. The molecule has 1 aromatic heterocycles. The molecule has 3 N–H and O–H groups in total. The van der Waals surface area contributed by atoms with E-state index in [0.29, 0.717) is 26.0 Å². The van der Waals surface area contributed by atoms with Gasteiger partial charge in [-0.2, -0.15) is 0 Å². The summed E-state index contributed by atoms with van der Waals surface area (Å²) in [4.78, 5) is 16.8. The SMILES string of the molecule is CCOC1OC(C(=O)NCCc2c[nH]c3ccc(OC)cc23)=CC(c2cccc3c2Cc2ccccc2-3)C1CCCO. The molecular weight excluding hydrogens is 528 g/mol. The third-order valence-corrected chi connectivity index (χ3v) is 8.54. The molecule has 3 unspecified atom stereocenters. The average molecular weight is 567 g/mol. The monoisotopic (exact) mass is 566 g/mol. The topological polar surface area (TPSA) is 92.8 Å². The molecule has 2 aliphatic rings. The molecule has 0 bridgehead atoms. The minimum Gasteiger partial charge on any atom is -0.497 e. The fourth-order valence-electron chi connectivity index (χ4n) is 6.51. The average Bonchev–Trinajstić information content (AvgIpc) is 3.61. The van der Waals surface area contributed by atoms with Gasteiger partial charge in [-0.25, -0.2) is 0 Å². The first-order valence-corrected chi connectivity index (χ1v) is 14.8. The molecule has 7 heteroatoms. The summed E-state index contributed by atoms with van der Waals surface area (Å²) in [5.74, 6) is 0.705. The largest absolute Gasteiger partial charge is 0.497 e. The number of allylic oxidation sites excluding steroid dienone is 1. The molecule has 2 heterocycles. The fourth-order valence-corrected chi connectivity index (χ4v) is 6.51. The summed E-state index contributed by atoms with van der Waals surface area (Å²) in [6.45, 7) is 2.95. The molecule has 218 valence electrons. The van der Waals surface area contributed by atoms with Crippen LogP contribution < -0.4 is 10.1 Å². The summed E-state index contributed by atoms with van der Waals surface area (Å²) in [5, 5.41) is 13.8. The number of hydrogen-bond acceptors (Lipinski definition) is 5. The number of aromatic amines is 1. The van der Waals surface area contributed by atoms with E-state index in [0.717, 1.165) is 35.1 Å². The van der Waals surface area contributed by atoms with E-state index in [1.165, 1.54) is 27.8 Å². The zero-order valence-electron chi connectivity index (χ0n) is 24.2. The number of fused-ring (bicyclic) bond motifs is 4. The Kier molecular flexibility index (Phi) is 8.31. The van der Waals surface area contributed by atoms with Crippen LogP contribution in [-0.2, 0) is 27.1 Å². The molecule has 0 radical (unpaired) electrons. The Hall–Kier alpha value is -4.07. The predicted molar refractivity (Wildman–Crippen MR) is 163 cm³/mol. The van der Waals surface area contributed by atoms with Crippen molar-refractivity contribution in [2.24, 2.45) is 5.92 Å². The molecule has 3 aromatic carbocycles. The van der Waals surface area contributed by atoms with Crippen molar-refractivity contribution in [3.8, 4) is 16.9 Å². The lowest BCUT2D eigenvalue weighted by molar-refractivity contribution is -0.166. The number of ether oxygens (including phenoxy) is 3. The molecule has 6 rings (SSSR count). The van der Waals surface area contributed by atoms with Crippen LogP contribution in [0.3, 0.4) is 0 Å². The molecule has 1 aliphatic carbocycles. The van der Waals surface area contributed by atoms with Crippen molar-refractivity contribution < 1.29 is 24.1 Å². The van der Waals surface area contributed by atoms with Crippen LogP contribution in [0.25, 0.3) is 22.0 Å². The van der Waals surface area contributed by atoms with Crippen LogP contribution in [0.5, 0.6) is 5.75 Å². The number of hydrogen-bond donors (Lipinski definition) is 3. The number of methoxy groups -OCH3 is 1. The van der Waals surface area contributed by atoms with Gasteiger partial charge in [0.1, 0.15) is 5.75 Å². The highest BCUT2D eigenvalue weighted by Gasteiger charge is 2.39. The van der Waals surface area contributed by atoms with E-state index >= 15 is 0 Å². The lowest BCUT2D eigenvalue weighted by Gasteiger charge is -2.37. The van der Waals surface area contributed by atoms with Crippen molar-refractivity contribution >= 4 is 16.8 Å². The molecule has 3 atom stereocenters. The lowest BCUT2D eigenvalue weighted by Crippen LogP contribution is -2.39. The Balaban J connectivity index is 1.27. The lowest BCUT2D eigenvalue weighted by atomic mass is 9.78. The molecule has 0 saturated carbocycles. The van der Waals surface area contributed by atoms with Gasteiger partial charge in [-0.05, 0) is 90.3 Å². The highest BCUT2D eigenvalue weighted by atomic mass is 16.7. The van der Waals surface area contributed by atoms with E-state index in [-0.39, 0.29) is 30.1 Å². The van der Waals surface area contributed by atoms with Crippen molar-refractivity contribution in [1.29, 1.82) is 0 Å². The van der Waals surface area contributed by atoms with Crippen molar-refractivity contribution in [3.63, 3.8) is 0 Å². The molecule has 1 amide bonds. The zero-order chi connectivity index (χ0) is 29.1. The number of nitrogens with one attached hydrogen (secondary N) is 2. The maximum atomic E-state index is 13.5. The summed E-state index contributed by atoms with van der Waals surface area (Å²) in [6, 6.07) is 20.9. The Morgan fingerprint density at radius 1 is 1.12 bits per heavy atom. The normalized spacial score (nSPS) is 19.1. The van der Waals surface area contributed by atoms with Gasteiger partial charge in [0.15, 0.2) is 5.76 Å². The van der Waals surface area contributed by atoms with Gasteiger partial charge < -0.3 is 29.6 Å². The standard InChI is InChI=1S/C35H38N2O5/c1-3-41-35-28(12-7-17-38)31(27-11-6-10-26-25-9-5-4-8-22(25)18-30(26)27)20-33(42-35)34(39)36-16-15-23-21-37-32-14-13-24(40-2)19-29(23)32/h4-6,8-11,13-14,19-21,28,31,35,37-38H,3,7,12,15-18H2,1-2H3,(H,36,39). The van der Waals surface area contributed by atoms with Gasteiger partial charge in [-0.15, -0.1) is 0 Å². The highest BCUT2D eigenvalue weighted by Crippen LogP contribution is 2.46.